The molecule has 6 rings (SSSR count). The predicted octanol–water partition coefficient (Wildman–Crippen LogP) is 2.43. The Hall–Kier alpha value is -3.70. The molecule has 1 saturated carbocycles. The number of hydrogen-bond donors (Lipinski definition) is 0. The van der Waals surface area contributed by atoms with Crippen LogP contribution < -0.4 is 10.5 Å². The van der Waals surface area contributed by atoms with E-state index in [1.165, 1.54) is 29.4 Å². The fraction of sp³-hybridized carbons (Fsp3) is 0.381. The molecule has 1 aromatic carbocycles. The summed E-state index contributed by atoms with van der Waals surface area (Å²) in [5, 5.41) is 4.11. The molecule has 0 amide bonds. The molecule has 4 heterocycles. The van der Waals surface area contributed by atoms with E-state index in [1.54, 1.807) is 11.6 Å². The minimum absolute atomic E-state index is 0.111. The van der Waals surface area contributed by atoms with Gasteiger partial charge < -0.3 is 14.0 Å². The molecular formula is C21H18F3N7O2. The van der Waals surface area contributed by atoms with E-state index in [0.29, 0.717) is 34.7 Å². The van der Waals surface area contributed by atoms with Gasteiger partial charge in [-0.1, -0.05) is 5.16 Å². The fourth-order valence-corrected chi connectivity index (χ4v) is 4.78. The molecular weight excluding hydrogens is 439 g/mol. The summed E-state index contributed by atoms with van der Waals surface area (Å²) < 4.78 is 46.7. The van der Waals surface area contributed by atoms with Crippen molar-refractivity contribution in [2.75, 3.05) is 18.0 Å². The first-order valence-corrected chi connectivity index (χ1v) is 10.4. The largest absolute Gasteiger partial charge is 0.416 e. The summed E-state index contributed by atoms with van der Waals surface area (Å²) >= 11 is 0. The lowest BCUT2D eigenvalue weighted by Crippen LogP contribution is -2.24. The normalized spacial score (nSPS) is 22.2. The van der Waals surface area contributed by atoms with Crippen molar-refractivity contribution in [1.29, 1.82) is 0 Å². The molecule has 0 radical (unpaired) electrons. The zero-order valence-electron chi connectivity index (χ0n) is 17.4. The highest BCUT2D eigenvalue weighted by molar-refractivity contribution is 5.68. The maximum atomic E-state index is 12.8. The average molecular weight is 457 g/mol. The number of imidazole rings is 1. The number of anilines is 1. The third-order valence-electron chi connectivity index (χ3n) is 6.54. The van der Waals surface area contributed by atoms with E-state index in [-0.39, 0.29) is 18.0 Å². The predicted molar refractivity (Wildman–Crippen MR) is 110 cm³/mol. The first kappa shape index (κ1) is 19.9. The third-order valence-corrected chi connectivity index (χ3v) is 6.54. The average Bonchev–Trinajstić information content (AvgIpc) is 3.20. The van der Waals surface area contributed by atoms with E-state index in [0.717, 1.165) is 30.9 Å². The van der Waals surface area contributed by atoms with Crippen molar-refractivity contribution in [2.45, 2.75) is 18.6 Å². The Morgan fingerprint density at radius 1 is 1.09 bits per heavy atom. The Kier molecular flexibility index (Phi) is 4.17. The Morgan fingerprint density at radius 2 is 1.79 bits per heavy atom. The molecule has 33 heavy (non-hydrogen) atoms. The van der Waals surface area contributed by atoms with Gasteiger partial charge in [-0.15, -0.1) is 0 Å². The van der Waals surface area contributed by atoms with Gasteiger partial charge in [0.15, 0.2) is 17.0 Å². The fourth-order valence-electron chi connectivity index (χ4n) is 4.78. The Labute approximate surface area is 184 Å². The summed E-state index contributed by atoms with van der Waals surface area (Å²) in [5.74, 6) is 1.73. The molecule has 0 spiro atoms. The molecule has 0 N–H and O–H groups in total. The van der Waals surface area contributed by atoms with Gasteiger partial charge in [-0.2, -0.15) is 18.2 Å². The SMILES string of the molecule is Cn1cnc2ncn(Cc3nc([C@H]4[C@@H]5CN(c6ccc(C(F)(F)F)cc6)C[C@@H]54)no3)c(=O)c21. The topological polar surface area (TPSA) is 94.9 Å². The number of rotatable bonds is 4. The van der Waals surface area contributed by atoms with Gasteiger partial charge in [0.25, 0.3) is 5.56 Å². The molecule has 0 bridgehead atoms. The summed E-state index contributed by atoms with van der Waals surface area (Å²) in [6, 6.07) is 5.25. The third kappa shape index (κ3) is 3.28. The molecule has 170 valence electrons. The Bertz CT molecular complexity index is 1390. The van der Waals surface area contributed by atoms with E-state index in [9.17, 15) is 18.0 Å². The minimum atomic E-state index is -4.34. The van der Waals surface area contributed by atoms with Crippen LogP contribution in [0.15, 0.2) is 46.2 Å². The van der Waals surface area contributed by atoms with E-state index < -0.39 is 11.7 Å². The van der Waals surface area contributed by atoms with Crippen LogP contribution in [0.25, 0.3) is 11.2 Å². The highest BCUT2D eigenvalue weighted by atomic mass is 19.4. The van der Waals surface area contributed by atoms with Crippen LogP contribution in [-0.2, 0) is 19.8 Å². The van der Waals surface area contributed by atoms with Crippen LogP contribution in [-0.4, -0.2) is 42.3 Å². The van der Waals surface area contributed by atoms with Crippen LogP contribution in [0.1, 0.15) is 23.2 Å². The number of nitrogens with zero attached hydrogens (tertiary/aromatic N) is 7. The number of benzene rings is 1. The molecule has 9 nitrogen and oxygen atoms in total. The van der Waals surface area contributed by atoms with Crippen molar-refractivity contribution < 1.29 is 17.7 Å². The van der Waals surface area contributed by atoms with Gasteiger partial charge in [0, 0.05) is 31.7 Å². The summed E-state index contributed by atoms with van der Waals surface area (Å²) in [6.07, 6.45) is -1.39. The highest BCUT2D eigenvalue weighted by Crippen LogP contribution is 2.58. The van der Waals surface area contributed by atoms with Crippen molar-refractivity contribution in [1.82, 2.24) is 29.2 Å². The van der Waals surface area contributed by atoms with Gasteiger partial charge in [-0.25, -0.2) is 9.97 Å². The second kappa shape index (κ2) is 6.90. The molecule has 3 atom stereocenters. The number of fused-ring (bicyclic) bond motifs is 2. The lowest BCUT2D eigenvalue weighted by Gasteiger charge is -2.22. The van der Waals surface area contributed by atoms with Crippen LogP contribution in [0.5, 0.6) is 0 Å². The number of hydrogen-bond acceptors (Lipinski definition) is 7. The second-order valence-corrected chi connectivity index (χ2v) is 8.55. The van der Waals surface area contributed by atoms with Crippen molar-refractivity contribution in [3.63, 3.8) is 0 Å². The van der Waals surface area contributed by atoms with Crippen molar-refractivity contribution in [3.05, 3.63) is 64.6 Å². The zero-order chi connectivity index (χ0) is 22.9. The summed E-state index contributed by atoms with van der Waals surface area (Å²) in [5.41, 5.74) is 0.672. The molecule has 1 aliphatic carbocycles. The van der Waals surface area contributed by atoms with Gasteiger partial charge in [-0.05, 0) is 36.1 Å². The van der Waals surface area contributed by atoms with Crippen LogP contribution in [0, 0.1) is 11.8 Å². The zero-order valence-corrected chi connectivity index (χ0v) is 17.4. The van der Waals surface area contributed by atoms with Crippen molar-refractivity contribution in [2.24, 2.45) is 18.9 Å². The molecule has 1 aliphatic heterocycles. The first-order chi connectivity index (χ1) is 15.8. The molecule has 2 fully saturated rings. The molecule has 1 saturated heterocycles. The lowest BCUT2D eigenvalue weighted by atomic mass is 10.1. The number of aromatic nitrogens is 6. The molecule has 4 aromatic rings. The van der Waals surface area contributed by atoms with Gasteiger partial charge in [0.05, 0.1) is 11.9 Å². The maximum Gasteiger partial charge on any atom is 0.416 e. The van der Waals surface area contributed by atoms with E-state index in [1.807, 2.05) is 0 Å². The van der Waals surface area contributed by atoms with Crippen LogP contribution in [0.4, 0.5) is 18.9 Å². The number of alkyl halides is 3. The molecule has 3 aromatic heterocycles. The monoisotopic (exact) mass is 457 g/mol. The molecule has 2 aliphatic rings. The smallest absolute Gasteiger partial charge is 0.371 e. The summed E-state index contributed by atoms with van der Waals surface area (Å²) in [7, 11) is 1.73. The molecule has 0 unspecified atom stereocenters. The lowest BCUT2D eigenvalue weighted by molar-refractivity contribution is -0.137. The first-order valence-electron chi connectivity index (χ1n) is 10.4. The van der Waals surface area contributed by atoms with Gasteiger partial charge in [0.1, 0.15) is 12.9 Å². The van der Waals surface area contributed by atoms with Crippen LogP contribution >= 0.6 is 0 Å². The van der Waals surface area contributed by atoms with E-state index in [4.69, 9.17) is 4.52 Å². The van der Waals surface area contributed by atoms with Crippen LogP contribution in [0.2, 0.25) is 0 Å². The van der Waals surface area contributed by atoms with Crippen LogP contribution in [0.3, 0.4) is 0 Å². The van der Waals surface area contributed by atoms with Gasteiger partial charge >= 0.3 is 6.18 Å². The number of piperidine rings is 1. The van der Waals surface area contributed by atoms with E-state index >= 15 is 0 Å². The highest BCUT2D eigenvalue weighted by Gasteiger charge is 2.58. The Balaban J connectivity index is 1.13. The molecule has 12 heteroatoms. The van der Waals surface area contributed by atoms with Crippen molar-refractivity contribution >= 4 is 16.9 Å². The van der Waals surface area contributed by atoms with E-state index in [2.05, 4.69) is 25.0 Å². The van der Waals surface area contributed by atoms with Gasteiger partial charge in [-0.3, -0.25) is 9.36 Å². The van der Waals surface area contributed by atoms with Gasteiger partial charge in [0.2, 0.25) is 5.89 Å². The van der Waals surface area contributed by atoms with Crippen molar-refractivity contribution in [3.8, 4) is 0 Å². The number of halogens is 3. The maximum absolute atomic E-state index is 12.8. The summed E-state index contributed by atoms with van der Waals surface area (Å²) in [4.78, 5) is 27.5. The summed E-state index contributed by atoms with van der Waals surface area (Å²) in [6.45, 7) is 1.57. The second-order valence-electron chi connectivity index (χ2n) is 8.55. The number of aryl methyl sites for hydroxylation is 1. The quantitative estimate of drug-likeness (QED) is 0.465. The Morgan fingerprint density at radius 3 is 2.48 bits per heavy atom. The minimum Gasteiger partial charge on any atom is -0.371 e. The standard InChI is InChI=1S/C21H18F3N7O2/c1-29-9-25-19-17(29)20(32)31(10-26-19)8-15-27-18(28-33-15)16-13-6-30(7-14(13)16)12-4-2-11(3-5-12)21(22,23)24/h2-5,9-10,13-14,16H,6-8H2,1H3/t13-,14+,16+.